The summed E-state index contributed by atoms with van der Waals surface area (Å²) in [6.45, 7) is 2.50. The zero-order valence-electron chi connectivity index (χ0n) is 13.1. The van der Waals surface area contributed by atoms with Crippen LogP contribution in [0.15, 0.2) is 34.9 Å². The second-order valence-electron chi connectivity index (χ2n) is 5.17. The van der Waals surface area contributed by atoms with Crippen molar-refractivity contribution in [2.75, 3.05) is 7.11 Å². The summed E-state index contributed by atoms with van der Waals surface area (Å²) in [6.07, 6.45) is 1.07. The Bertz CT molecular complexity index is 705. The first-order valence-electron chi connectivity index (χ1n) is 7.15. The third-order valence-corrected chi connectivity index (χ3v) is 3.45. The van der Waals surface area contributed by atoms with Crippen LogP contribution in [0.3, 0.4) is 0 Å². The van der Waals surface area contributed by atoms with Crippen LogP contribution in [0.4, 0.5) is 0 Å². The molecule has 6 heteroatoms. The van der Waals surface area contributed by atoms with Crippen molar-refractivity contribution in [1.29, 1.82) is 0 Å². The largest absolute Gasteiger partial charge is 0.481 e. The molecule has 1 aromatic carbocycles. The van der Waals surface area contributed by atoms with Crippen LogP contribution in [0.2, 0.25) is 0 Å². The van der Waals surface area contributed by atoms with Gasteiger partial charge in [0, 0.05) is 19.2 Å². The molecular weight excluding hydrogens is 298 g/mol. The number of aliphatic carboxylic acids is 1. The predicted molar refractivity (Wildman–Crippen MR) is 83.1 cm³/mol. The van der Waals surface area contributed by atoms with E-state index in [4.69, 9.17) is 14.3 Å². The van der Waals surface area contributed by atoms with Crippen LogP contribution in [-0.4, -0.2) is 24.1 Å². The lowest BCUT2D eigenvalue weighted by Gasteiger charge is -2.10. The maximum Gasteiger partial charge on any atom is 0.311 e. The molecule has 0 spiro atoms. The Morgan fingerprint density at radius 2 is 1.96 bits per heavy atom. The topological polar surface area (TPSA) is 88.8 Å². The van der Waals surface area contributed by atoms with Gasteiger partial charge in [-0.2, -0.15) is 0 Å². The minimum Gasteiger partial charge on any atom is -0.481 e. The maximum atomic E-state index is 12.4. The predicted octanol–water partition coefficient (Wildman–Crippen LogP) is 2.29. The number of aryl methyl sites for hydroxylation is 1. The van der Waals surface area contributed by atoms with Crippen LogP contribution in [0, 0.1) is 6.92 Å². The van der Waals surface area contributed by atoms with Crippen LogP contribution >= 0.6 is 0 Å². The van der Waals surface area contributed by atoms with Gasteiger partial charge in [0.2, 0.25) is 0 Å². The van der Waals surface area contributed by atoms with Crippen molar-refractivity contribution >= 4 is 11.9 Å². The Balaban J connectivity index is 2.11. The summed E-state index contributed by atoms with van der Waals surface area (Å²) in [5.74, 6) is -1.23. The number of rotatable bonds is 7. The molecule has 2 aromatic rings. The van der Waals surface area contributed by atoms with Gasteiger partial charge in [0.1, 0.15) is 12.2 Å². The molecule has 0 aliphatic rings. The lowest BCUT2D eigenvalue weighted by atomic mass is 10.1. The summed E-state index contributed by atoms with van der Waals surface area (Å²) in [5.41, 5.74) is 2.84. The first-order valence-corrected chi connectivity index (χ1v) is 7.15. The average Bonchev–Trinajstić information content (AvgIpc) is 2.86. The van der Waals surface area contributed by atoms with E-state index in [0.717, 1.165) is 11.1 Å². The normalized spacial score (nSPS) is 10.5. The van der Waals surface area contributed by atoms with Gasteiger partial charge < -0.3 is 19.6 Å². The van der Waals surface area contributed by atoms with Gasteiger partial charge in [0.25, 0.3) is 5.91 Å². The Morgan fingerprint density at radius 1 is 1.26 bits per heavy atom. The van der Waals surface area contributed by atoms with Crippen LogP contribution in [0.5, 0.6) is 0 Å². The highest BCUT2D eigenvalue weighted by molar-refractivity contribution is 5.97. The fourth-order valence-electron chi connectivity index (χ4n) is 2.36. The number of carbonyl (C=O) groups excluding carboxylic acids is 1. The molecule has 0 aliphatic carbocycles. The molecule has 0 unspecified atom stereocenters. The van der Waals surface area contributed by atoms with E-state index in [-0.39, 0.29) is 23.7 Å². The number of carboxylic acid groups (broad SMARTS) is 1. The fraction of sp³-hybridized carbons (Fsp3) is 0.294. The number of methoxy groups -OCH3 is 1. The molecule has 2 N–H and O–H groups in total. The van der Waals surface area contributed by atoms with Crippen LogP contribution in [0.1, 0.15) is 32.8 Å². The quantitative estimate of drug-likeness (QED) is 0.818. The highest BCUT2D eigenvalue weighted by Crippen LogP contribution is 2.18. The number of carbonyl (C=O) groups is 2. The Morgan fingerprint density at radius 3 is 2.61 bits per heavy atom. The van der Waals surface area contributed by atoms with Crippen molar-refractivity contribution < 1.29 is 23.8 Å². The van der Waals surface area contributed by atoms with Gasteiger partial charge in [-0.15, -0.1) is 0 Å². The van der Waals surface area contributed by atoms with Gasteiger partial charge in [-0.25, -0.2) is 0 Å². The Hall–Kier alpha value is -2.60. The third-order valence-electron chi connectivity index (χ3n) is 3.45. The van der Waals surface area contributed by atoms with Gasteiger partial charge in [0.15, 0.2) is 0 Å². The first-order chi connectivity index (χ1) is 11.0. The zero-order chi connectivity index (χ0) is 16.8. The summed E-state index contributed by atoms with van der Waals surface area (Å²) < 4.78 is 10.3. The van der Waals surface area contributed by atoms with E-state index in [1.54, 1.807) is 14.0 Å². The summed E-state index contributed by atoms with van der Waals surface area (Å²) >= 11 is 0. The Kier molecular flexibility index (Phi) is 5.54. The van der Waals surface area contributed by atoms with Crippen molar-refractivity contribution in [2.24, 2.45) is 0 Å². The molecule has 2 rings (SSSR count). The monoisotopic (exact) mass is 317 g/mol. The van der Waals surface area contributed by atoms with Crippen molar-refractivity contribution in [1.82, 2.24) is 5.32 Å². The van der Waals surface area contributed by atoms with E-state index in [2.05, 4.69) is 5.32 Å². The summed E-state index contributed by atoms with van der Waals surface area (Å²) in [4.78, 5) is 23.2. The van der Waals surface area contributed by atoms with E-state index in [9.17, 15) is 9.59 Å². The summed E-state index contributed by atoms with van der Waals surface area (Å²) in [6, 6.07) is 7.64. The number of amides is 1. The SMILES string of the molecule is COCc1ccccc1CNC(=O)c1c(C)coc1CC(=O)O. The summed E-state index contributed by atoms with van der Waals surface area (Å²) in [5, 5.41) is 11.7. The lowest BCUT2D eigenvalue weighted by molar-refractivity contribution is -0.136. The van der Waals surface area contributed by atoms with Crippen LogP contribution in [-0.2, 0) is 29.1 Å². The minimum absolute atomic E-state index is 0.165. The molecular formula is C17H19NO5. The van der Waals surface area contributed by atoms with Crippen LogP contribution < -0.4 is 5.32 Å². The number of nitrogens with one attached hydrogen (secondary N) is 1. The molecule has 122 valence electrons. The van der Waals surface area contributed by atoms with Gasteiger partial charge in [-0.1, -0.05) is 24.3 Å². The molecule has 23 heavy (non-hydrogen) atoms. The maximum absolute atomic E-state index is 12.4. The summed E-state index contributed by atoms with van der Waals surface area (Å²) in [7, 11) is 1.61. The molecule has 0 aliphatic heterocycles. The first kappa shape index (κ1) is 16.8. The van der Waals surface area contributed by atoms with Gasteiger partial charge in [-0.05, 0) is 18.1 Å². The molecule has 1 heterocycles. The molecule has 0 bridgehead atoms. The zero-order valence-corrected chi connectivity index (χ0v) is 13.1. The minimum atomic E-state index is -1.04. The highest BCUT2D eigenvalue weighted by Gasteiger charge is 2.20. The number of ether oxygens (including phenoxy) is 1. The van der Waals surface area contributed by atoms with Crippen LogP contribution in [0.25, 0.3) is 0 Å². The number of carboxylic acids is 1. The Labute approximate surface area is 134 Å². The molecule has 6 nitrogen and oxygen atoms in total. The van der Waals surface area contributed by atoms with E-state index in [1.807, 2.05) is 24.3 Å². The number of furan rings is 1. The molecule has 0 saturated carbocycles. The molecule has 0 atom stereocenters. The van der Waals surface area contributed by atoms with Crippen molar-refractivity contribution in [2.45, 2.75) is 26.5 Å². The van der Waals surface area contributed by atoms with Crippen molar-refractivity contribution in [3.8, 4) is 0 Å². The molecule has 0 fully saturated rings. The van der Waals surface area contributed by atoms with Crippen molar-refractivity contribution in [3.63, 3.8) is 0 Å². The van der Waals surface area contributed by atoms with E-state index in [0.29, 0.717) is 18.7 Å². The molecule has 1 amide bonds. The smallest absolute Gasteiger partial charge is 0.311 e. The molecule has 0 radical (unpaired) electrons. The number of hydrogen-bond acceptors (Lipinski definition) is 4. The van der Waals surface area contributed by atoms with Gasteiger partial charge in [0.05, 0.1) is 18.4 Å². The molecule has 0 saturated heterocycles. The average molecular weight is 317 g/mol. The van der Waals surface area contributed by atoms with Crippen molar-refractivity contribution in [3.05, 3.63) is 58.5 Å². The van der Waals surface area contributed by atoms with Gasteiger partial charge in [-0.3, -0.25) is 9.59 Å². The fourth-order valence-corrected chi connectivity index (χ4v) is 2.36. The van der Waals surface area contributed by atoms with E-state index >= 15 is 0 Å². The number of benzene rings is 1. The number of hydrogen-bond donors (Lipinski definition) is 2. The van der Waals surface area contributed by atoms with Gasteiger partial charge >= 0.3 is 5.97 Å². The molecule has 1 aromatic heterocycles. The van der Waals surface area contributed by atoms with E-state index < -0.39 is 5.97 Å². The van der Waals surface area contributed by atoms with E-state index in [1.165, 1.54) is 6.26 Å². The standard InChI is InChI=1S/C17H19NO5/c1-11-9-23-14(7-15(19)20)16(11)17(21)18-8-12-5-3-4-6-13(12)10-22-2/h3-6,9H,7-8,10H2,1-2H3,(H,18,21)(H,19,20). The highest BCUT2D eigenvalue weighted by atomic mass is 16.5. The lowest BCUT2D eigenvalue weighted by Crippen LogP contribution is -2.25. The second-order valence-corrected chi connectivity index (χ2v) is 5.17. The second kappa shape index (κ2) is 7.60. The third kappa shape index (κ3) is 4.20.